The van der Waals surface area contributed by atoms with Crippen LogP contribution in [0.1, 0.15) is 33.2 Å². The van der Waals surface area contributed by atoms with Gasteiger partial charge in [-0.05, 0) is 12.3 Å². The third kappa shape index (κ3) is 3.36. The fourth-order valence-corrected chi connectivity index (χ4v) is 2.48. The lowest BCUT2D eigenvalue weighted by Gasteiger charge is -2.20. The first kappa shape index (κ1) is 13.8. The van der Waals surface area contributed by atoms with Crippen LogP contribution in [0.2, 0.25) is 0 Å². The van der Waals surface area contributed by atoms with E-state index in [-0.39, 0.29) is 17.5 Å². The first-order valence-corrected chi connectivity index (χ1v) is 6.47. The molecule has 1 unspecified atom stereocenters. The van der Waals surface area contributed by atoms with Crippen LogP contribution in [-0.2, 0) is 4.79 Å². The van der Waals surface area contributed by atoms with Gasteiger partial charge in [0.15, 0.2) is 5.16 Å². The van der Waals surface area contributed by atoms with E-state index in [2.05, 4.69) is 10.2 Å². The summed E-state index contributed by atoms with van der Waals surface area (Å²) in [5, 5.41) is 15.3. The van der Waals surface area contributed by atoms with Crippen LogP contribution in [0.5, 0.6) is 0 Å². The Labute approximate surface area is 103 Å². The monoisotopic (exact) mass is 259 g/mol. The molecular weight excluding hydrogens is 242 g/mol. The zero-order valence-corrected chi connectivity index (χ0v) is 11.0. The Bertz CT molecular complexity index is 438. The molecule has 1 aromatic heterocycles. The number of hydrogen-bond acceptors (Lipinski definition) is 4. The highest BCUT2D eigenvalue weighted by atomic mass is 32.2. The van der Waals surface area contributed by atoms with Gasteiger partial charge in [0, 0.05) is 6.04 Å². The van der Waals surface area contributed by atoms with Gasteiger partial charge in [0.2, 0.25) is 0 Å². The van der Waals surface area contributed by atoms with Gasteiger partial charge in [-0.2, -0.15) is 0 Å². The molecule has 0 amide bonds. The molecule has 0 aliphatic rings. The molecule has 1 rings (SSSR count). The quantitative estimate of drug-likeness (QED) is 0.753. The number of carboxylic acids is 1. The van der Waals surface area contributed by atoms with Crippen LogP contribution >= 0.6 is 11.8 Å². The average Bonchev–Trinajstić information content (AvgIpc) is 2.59. The van der Waals surface area contributed by atoms with E-state index in [0.717, 1.165) is 18.2 Å². The molecular formula is C10H17N3O3S. The van der Waals surface area contributed by atoms with Crippen LogP contribution in [0.15, 0.2) is 9.95 Å². The van der Waals surface area contributed by atoms with Crippen molar-refractivity contribution in [2.45, 2.75) is 38.4 Å². The third-order valence-electron chi connectivity index (χ3n) is 2.52. The Hall–Kier alpha value is -1.24. The average molecular weight is 259 g/mol. The maximum Gasteiger partial charge on any atom is 0.344 e. The molecule has 1 atom stereocenters. The van der Waals surface area contributed by atoms with Gasteiger partial charge < -0.3 is 5.11 Å². The van der Waals surface area contributed by atoms with E-state index in [4.69, 9.17) is 5.11 Å². The van der Waals surface area contributed by atoms with E-state index >= 15 is 0 Å². The molecule has 0 fully saturated rings. The van der Waals surface area contributed by atoms with Crippen molar-refractivity contribution in [1.29, 1.82) is 0 Å². The topological polar surface area (TPSA) is 88.0 Å². The van der Waals surface area contributed by atoms with Crippen LogP contribution in [0.25, 0.3) is 0 Å². The van der Waals surface area contributed by atoms with Crippen LogP contribution in [0, 0.1) is 5.92 Å². The van der Waals surface area contributed by atoms with Gasteiger partial charge in [-0.3, -0.25) is 9.36 Å². The lowest BCUT2D eigenvalue weighted by atomic mass is 10.0. The highest BCUT2D eigenvalue weighted by molar-refractivity contribution is 7.99. The second-order valence-electron chi connectivity index (χ2n) is 4.08. The van der Waals surface area contributed by atoms with Gasteiger partial charge in [0.25, 0.3) is 0 Å². The van der Waals surface area contributed by atoms with E-state index in [1.165, 1.54) is 0 Å². The van der Waals surface area contributed by atoms with Crippen molar-refractivity contribution in [3.63, 3.8) is 0 Å². The smallest absolute Gasteiger partial charge is 0.344 e. The molecule has 2 N–H and O–H groups in total. The predicted octanol–water partition coefficient (Wildman–Crippen LogP) is 1.36. The van der Waals surface area contributed by atoms with E-state index in [1.807, 2.05) is 20.8 Å². The molecule has 0 radical (unpaired) electrons. The normalized spacial score (nSPS) is 12.9. The van der Waals surface area contributed by atoms with Crippen molar-refractivity contribution in [2.24, 2.45) is 5.92 Å². The van der Waals surface area contributed by atoms with Gasteiger partial charge >= 0.3 is 11.7 Å². The Kier molecular flexibility index (Phi) is 4.80. The Morgan fingerprint density at radius 1 is 1.59 bits per heavy atom. The zero-order chi connectivity index (χ0) is 13.0. The van der Waals surface area contributed by atoms with Crippen molar-refractivity contribution >= 4 is 17.7 Å². The maximum atomic E-state index is 11.7. The molecule has 7 heteroatoms. The molecule has 96 valence electrons. The second kappa shape index (κ2) is 5.90. The van der Waals surface area contributed by atoms with Crippen LogP contribution < -0.4 is 5.69 Å². The number of aromatic amines is 1. The largest absolute Gasteiger partial charge is 0.481 e. The van der Waals surface area contributed by atoms with Crippen molar-refractivity contribution < 1.29 is 9.90 Å². The SMILES string of the molecule is CCC(C(C)C)n1c(SCC(=O)O)n[nH]c1=O. The Morgan fingerprint density at radius 3 is 2.71 bits per heavy atom. The number of carboxylic acid groups (broad SMARTS) is 1. The Morgan fingerprint density at radius 2 is 2.24 bits per heavy atom. The fraction of sp³-hybridized carbons (Fsp3) is 0.700. The summed E-state index contributed by atoms with van der Waals surface area (Å²) < 4.78 is 1.55. The minimum absolute atomic E-state index is 0.0394. The number of hydrogen-bond donors (Lipinski definition) is 2. The molecule has 0 saturated carbocycles. The fourth-order valence-electron chi connectivity index (χ4n) is 1.76. The van der Waals surface area contributed by atoms with Crippen molar-refractivity contribution in [3.05, 3.63) is 10.5 Å². The van der Waals surface area contributed by atoms with E-state index in [9.17, 15) is 9.59 Å². The number of nitrogens with one attached hydrogen (secondary N) is 1. The summed E-state index contributed by atoms with van der Waals surface area (Å²) in [5.41, 5.74) is -0.279. The second-order valence-corrected chi connectivity index (χ2v) is 5.03. The first-order valence-electron chi connectivity index (χ1n) is 5.48. The van der Waals surface area contributed by atoms with E-state index in [1.54, 1.807) is 4.57 Å². The minimum atomic E-state index is -0.922. The molecule has 0 aliphatic heterocycles. The lowest BCUT2D eigenvalue weighted by Crippen LogP contribution is -2.26. The summed E-state index contributed by atoms with van der Waals surface area (Å²) in [6, 6.07) is 0.0394. The zero-order valence-electron chi connectivity index (χ0n) is 10.1. The summed E-state index contributed by atoms with van der Waals surface area (Å²) in [4.78, 5) is 22.2. The number of rotatable bonds is 6. The molecule has 1 heterocycles. The highest BCUT2D eigenvalue weighted by Gasteiger charge is 2.20. The third-order valence-corrected chi connectivity index (χ3v) is 3.45. The first-order chi connectivity index (χ1) is 7.97. The van der Waals surface area contributed by atoms with Gasteiger partial charge in [0.1, 0.15) is 0 Å². The van der Waals surface area contributed by atoms with Gasteiger partial charge in [-0.15, -0.1) is 5.10 Å². The van der Waals surface area contributed by atoms with Crippen molar-refractivity contribution in [2.75, 3.05) is 5.75 Å². The molecule has 0 saturated heterocycles. The standard InChI is InChI=1S/C10H17N3O3S/c1-4-7(6(2)3)13-9(16)11-12-10(13)17-5-8(14)15/h6-7H,4-5H2,1-3H3,(H,11,16)(H,14,15). The summed E-state index contributed by atoms with van der Waals surface area (Å²) in [7, 11) is 0. The lowest BCUT2D eigenvalue weighted by molar-refractivity contribution is -0.133. The summed E-state index contributed by atoms with van der Waals surface area (Å²) in [6.07, 6.45) is 0.803. The van der Waals surface area contributed by atoms with Crippen molar-refractivity contribution in [3.8, 4) is 0 Å². The van der Waals surface area contributed by atoms with Crippen LogP contribution in [0.3, 0.4) is 0 Å². The number of carbonyl (C=O) groups is 1. The Balaban J connectivity index is 3.00. The highest BCUT2D eigenvalue weighted by Crippen LogP contribution is 2.24. The van der Waals surface area contributed by atoms with Crippen molar-refractivity contribution in [1.82, 2.24) is 14.8 Å². The molecule has 17 heavy (non-hydrogen) atoms. The predicted molar refractivity (Wildman–Crippen MR) is 65.4 cm³/mol. The summed E-state index contributed by atoms with van der Waals surface area (Å²) >= 11 is 1.06. The molecule has 6 nitrogen and oxygen atoms in total. The van der Waals surface area contributed by atoms with Gasteiger partial charge in [0.05, 0.1) is 5.75 Å². The van der Waals surface area contributed by atoms with E-state index in [0.29, 0.717) is 11.1 Å². The maximum absolute atomic E-state index is 11.7. The molecule has 0 bridgehead atoms. The van der Waals surface area contributed by atoms with Crippen LogP contribution in [0.4, 0.5) is 0 Å². The molecule has 0 aliphatic carbocycles. The minimum Gasteiger partial charge on any atom is -0.481 e. The summed E-state index contributed by atoms with van der Waals surface area (Å²) in [5.74, 6) is -0.729. The number of thioether (sulfide) groups is 1. The molecule has 0 aromatic carbocycles. The van der Waals surface area contributed by atoms with Crippen LogP contribution in [-0.4, -0.2) is 31.6 Å². The number of H-pyrrole nitrogens is 1. The number of aromatic nitrogens is 3. The molecule has 1 aromatic rings. The van der Waals surface area contributed by atoms with Gasteiger partial charge in [-0.25, -0.2) is 9.89 Å². The van der Waals surface area contributed by atoms with Gasteiger partial charge in [-0.1, -0.05) is 32.5 Å². The number of aliphatic carboxylic acids is 1. The van der Waals surface area contributed by atoms with E-state index < -0.39 is 5.97 Å². The molecule has 0 spiro atoms. The summed E-state index contributed by atoms with van der Waals surface area (Å²) in [6.45, 7) is 6.05. The number of nitrogens with zero attached hydrogens (tertiary/aromatic N) is 2.